The van der Waals surface area contributed by atoms with E-state index in [4.69, 9.17) is 6.42 Å². The highest BCUT2D eigenvalue weighted by Crippen LogP contribution is 2.01. The maximum atomic E-state index is 5.26. The Bertz CT molecular complexity index is 284. The molecule has 0 spiro atoms. The quantitative estimate of drug-likeness (QED) is 0.642. The minimum atomic E-state index is -0.00491. The van der Waals surface area contributed by atoms with Gasteiger partial charge in [0.15, 0.2) is 0 Å². The summed E-state index contributed by atoms with van der Waals surface area (Å²) in [6, 6.07) is -0.00491. The molecule has 0 aliphatic carbocycles. The first kappa shape index (κ1) is 8.53. The van der Waals surface area contributed by atoms with Crippen molar-refractivity contribution in [3.63, 3.8) is 0 Å². The molecule has 1 atom stereocenters. The summed E-state index contributed by atoms with van der Waals surface area (Å²) < 4.78 is 1.54. The van der Waals surface area contributed by atoms with Gasteiger partial charge in [-0.2, -0.15) is 0 Å². The van der Waals surface area contributed by atoms with Crippen LogP contribution in [0.25, 0.3) is 0 Å². The highest BCUT2D eigenvalue weighted by atomic mass is 15.6. The van der Waals surface area contributed by atoms with Crippen LogP contribution < -0.4 is 5.32 Å². The van der Waals surface area contributed by atoms with Crippen LogP contribution in [0.4, 0.5) is 5.95 Å². The third kappa shape index (κ3) is 1.72. The summed E-state index contributed by atoms with van der Waals surface area (Å²) in [4.78, 5) is 0. The highest BCUT2D eigenvalue weighted by molar-refractivity contribution is 5.27. The van der Waals surface area contributed by atoms with Gasteiger partial charge in [0.05, 0.1) is 6.04 Å². The van der Waals surface area contributed by atoms with Gasteiger partial charge in [0, 0.05) is 7.05 Å². The number of nitrogens with one attached hydrogen (secondary N) is 1. The summed E-state index contributed by atoms with van der Waals surface area (Å²) in [5.74, 6) is 3.19. The van der Waals surface area contributed by atoms with E-state index in [1.165, 1.54) is 0 Å². The molecule has 12 heavy (non-hydrogen) atoms. The van der Waals surface area contributed by atoms with Crippen LogP contribution in [0.2, 0.25) is 0 Å². The Morgan fingerprint density at radius 3 is 2.92 bits per heavy atom. The minimum absolute atomic E-state index is 0.00491. The molecule has 0 radical (unpaired) electrons. The molecule has 64 valence electrons. The van der Waals surface area contributed by atoms with E-state index >= 15 is 0 Å². The normalized spacial score (nSPS) is 12.1. The van der Waals surface area contributed by atoms with Gasteiger partial charge in [-0.3, -0.25) is 0 Å². The van der Waals surface area contributed by atoms with Gasteiger partial charge < -0.3 is 5.32 Å². The van der Waals surface area contributed by atoms with E-state index in [9.17, 15) is 0 Å². The lowest BCUT2D eigenvalue weighted by Gasteiger charge is -2.08. The Labute approximate surface area is 71.2 Å². The molecule has 1 aromatic heterocycles. The molecule has 0 fully saturated rings. The van der Waals surface area contributed by atoms with Crippen molar-refractivity contribution in [2.24, 2.45) is 7.05 Å². The summed E-state index contributed by atoms with van der Waals surface area (Å²) in [7, 11) is 1.76. The smallest absolute Gasteiger partial charge is 0.243 e. The van der Waals surface area contributed by atoms with Gasteiger partial charge in [-0.25, -0.2) is 4.68 Å². The van der Waals surface area contributed by atoms with E-state index < -0.39 is 0 Å². The zero-order valence-corrected chi connectivity index (χ0v) is 7.15. The molecule has 0 aliphatic heterocycles. The van der Waals surface area contributed by atoms with Crippen LogP contribution in [-0.2, 0) is 7.05 Å². The van der Waals surface area contributed by atoms with Gasteiger partial charge in [0.1, 0.15) is 0 Å². The van der Waals surface area contributed by atoms with Gasteiger partial charge in [0.2, 0.25) is 5.95 Å². The third-order valence-corrected chi connectivity index (χ3v) is 1.53. The molecule has 0 bridgehead atoms. The van der Waals surface area contributed by atoms with Crippen LogP contribution in [0.3, 0.4) is 0 Å². The molecule has 1 unspecified atom stereocenters. The van der Waals surface area contributed by atoms with Gasteiger partial charge in [-0.05, 0) is 16.8 Å². The molecule has 1 rings (SSSR count). The summed E-state index contributed by atoms with van der Waals surface area (Å²) >= 11 is 0. The molecule has 0 saturated heterocycles. The highest BCUT2D eigenvalue weighted by Gasteiger charge is 2.05. The monoisotopic (exact) mass is 165 g/mol. The fraction of sp³-hybridized carbons (Fsp3) is 0.571. The number of aryl methyl sites for hydroxylation is 1. The van der Waals surface area contributed by atoms with E-state index in [0.29, 0.717) is 5.95 Å². The zero-order valence-electron chi connectivity index (χ0n) is 7.15. The van der Waals surface area contributed by atoms with Crippen molar-refractivity contribution >= 4 is 5.95 Å². The van der Waals surface area contributed by atoms with Crippen molar-refractivity contribution in [3.05, 3.63) is 0 Å². The average molecular weight is 165 g/mol. The van der Waals surface area contributed by atoms with Crippen LogP contribution in [0.5, 0.6) is 0 Å². The number of rotatable bonds is 3. The number of nitrogens with zero attached hydrogens (tertiary/aromatic N) is 4. The van der Waals surface area contributed by atoms with E-state index in [1.54, 1.807) is 11.7 Å². The largest absolute Gasteiger partial charge is 0.339 e. The lowest BCUT2D eigenvalue weighted by molar-refractivity contribution is 0.706. The van der Waals surface area contributed by atoms with Crippen LogP contribution in [0.15, 0.2) is 0 Å². The number of tetrazole rings is 1. The zero-order chi connectivity index (χ0) is 8.97. The molecule has 0 saturated carbocycles. The predicted octanol–water partition coefficient (Wildman–Crippen LogP) is 0.0338. The fourth-order valence-corrected chi connectivity index (χ4v) is 0.769. The molecule has 0 amide bonds. The Hall–Kier alpha value is -1.57. The minimum Gasteiger partial charge on any atom is -0.339 e. The van der Waals surface area contributed by atoms with Crippen molar-refractivity contribution in [2.75, 3.05) is 5.32 Å². The Balaban J connectivity index is 2.64. The van der Waals surface area contributed by atoms with E-state index in [1.807, 2.05) is 6.92 Å². The van der Waals surface area contributed by atoms with Gasteiger partial charge in [-0.1, -0.05) is 17.9 Å². The molecule has 5 heteroatoms. The second kappa shape index (κ2) is 3.72. The molecular weight excluding hydrogens is 154 g/mol. The van der Waals surface area contributed by atoms with Gasteiger partial charge in [0.25, 0.3) is 0 Å². The van der Waals surface area contributed by atoms with Crippen molar-refractivity contribution in [2.45, 2.75) is 19.4 Å². The first-order valence-electron chi connectivity index (χ1n) is 3.73. The Morgan fingerprint density at radius 1 is 1.75 bits per heavy atom. The van der Waals surface area contributed by atoms with Crippen LogP contribution in [0.1, 0.15) is 13.3 Å². The number of hydrogen-bond donors (Lipinski definition) is 1. The van der Waals surface area contributed by atoms with Crippen LogP contribution >= 0.6 is 0 Å². The van der Waals surface area contributed by atoms with E-state index in [-0.39, 0.29) is 6.04 Å². The number of hydrogen-bond acceptors (Lipinski definition) is 4. The predicted molar refractivity (Wildman–Crippen MR) is 45.3 cm³/mol. The number of terminal acetylenes is 1. The lowest BCUT2D eigenvalue weighted by Crippen LogP contribution is -2.18. The molecule has 1 heterocycles. The third-order valence-electron chi connectivity index (χ3n) is 1.53. The van der Waals surface area contributed by atoms with Crippen molar-refractivity contribution < 1.29 is 0 Å². The molecule has 1 aromatic rings. The summed E-state index contributed by atoms with van der Waals surface area (Å²) in [5, 5.41) is 13.9. The van der Waals surface area contributed by atoms with Crippen molar-refractivity contribution in [1.82, 2.24) is 20.2 Å². The lowest BCUT2D eigenvalue weighted by atomic mass is 10.2. The first-order chi connectivity index (χ1) is 5.77. The average Bonchev–Trinajstić information content (AvgIpc) is 2.47. The van der Waals surface area contributed by atoms with Crippen molar-refractivity contribution in [1.29, 1.82) is 0 Å². The molecule has 0 aliphatic rings. The Kier molecular flexibility index (Phi) is 2.64. The molecule has 5 nitrogen and oxygen atoms in total. The standard InChI is InChI=1S/C7H11N5/c1-4-6(5-2)8-7-9-10-11-12(7)3/h1,6H,5H2,2-3H3,(H,8,9,11). The number of aromatic nitrogens is 4. The maximum absolute atomic E-state index is 5.26. The van der Waals surface area contributed by atoms with E-state index in [0.717, 1.165) is 6.42 Å². The van der Waals surface area contributed by atoms with Gasteiger partial charge in [-0.15, -0.1) is 6.42 Å². The Morgan fingerprint density at radius 2 is 2.50 bits per heavy atom. The van der Waals surface area contributed by atoms with Crippen LogP contribution in [-0.4, -0.2) is 26.2 Å². The number of anilines is 1. The molecule has 0 aromatic carbocycles. The van der Waals surface area contributed by atoms with Crippen molar-refractivity contribution in [3.8, 4) is 12.3 Å². The van der Waals surface area contributed by atoms with Crippen LogP contribution in [0, 0.1) is 12.3 Å². The van der Waals surface area contributed by atoms with Gasteiger partial charge >= 0.3 is 0 Å². The first-order valence-corrected chi connectivity index (χ1v) is 3.73. The summed E-state index contributed by atoms with van der Waals surface area (Å²) in [6.07, 6.45) is 6.11. The fourth-order valence-electron chi connectivity index (χ4n) is 0.769. The summed E-state index contributed by atoms with van der Waals surface area (Å²) in [6.45, 7) is 2.00. The second-order valence-corrected chi connectivity index (χ2v) is 2.40. The second-order valence-electron chi connectivity index (χ2n) is 2.40. The molecular formula is C7H11N5. The summed E-state index contributed by atoms with van der Waals surface area (Å²) in [5.41, 5.74) is 0. The van der Waals surface area contributed by atoms with E-state index in [2.05, 4.69) is 26.8 Å². The maximum Gasteiger partial charge on any atom is 0.243 e. The molecule has 1 N–H and O–H groups in total. The topological polar surface area (TPSA) is 55.6 Å². The SMILES string of the molecule is C#CC(CC)Nc1nnnn1C.